The Morgan fingerprint density at radius 1 is 1.59 bits per heavy atom. The Kier molecular flexibility index (Phi) is 4.03. The highest BCUT2D eigenvalue weighted by Gasteiger charge is 2.27. The number of nitrogen functional groups attached to an aromatic ring is 1. The van der Waals surface area contributed by atoms with Crippen molar-refractivity contribution in [3.63, 3.8) is 0 Å². The predicted octanol–water partition coefficient (Wildman–Crippen LogP) is 0.210. The third-order valence-corrected chi connectivity index (χ3v) is 2.76. The van der Waals surface area contributed by atoms with E-state index in [1.807, 2.05) is 0 Å². The average molecular weight is 238 g/mol. The summed E-state index contributed by atoms with van der Waals surface area (Å²) in [7, 11) is 1.65. The molecule has 1 heterocycles. The molecule has 6 nitrogen and oxygen atoms in total. The fraction of sp³-hybridized carbons (Fsp3) is 0.455. The van der Waals surface area contributed by atoms with Crippen molar-refractivity contribution in [1.82, 2.24) is 9.88 Å². The van der Waals surface area contributed by atoms with E-state index in [0.717, 1.165) is 0 Å². The Balaban J connectivity index is 2.89. The number of nitrogens with one attached hydrogen (secondary N) is 1. The number of hydrazine groups is 1. The average Bonchev–Trinajstić information content (AvgIpc) is 2.37. The number of hydrogen-bond donors (Lipinski definition) is 3. The Bertz CT molecular complexity index is 389. The van der Waals surface area contributed by atoms with Crippen LogP contribution in [0.4, 0.5) is 5.82 Å². The Hall–Kier alpha value is -1.66. The lowest BCUT2D eigenvalue weighted by Crippen LogP contribution is -2.47. The summed E-state index contributed by atoms with van der Waals surface area (Å²) in [4.78, 5) is 17.5. The first-order valence-corrected chi connectivity index (χ1v) is 5.24. The van der Waals surface area contributed by atoms with Crippen LogP contribution in [0.25, 0.3) is 0 Å². The number of likely N-dealkylation sites (N-methyl/N-ethyl adjacent to an activating group) is 1. The van der Waals surface area contributed by atoms with Gasteiger partial charge in [0.05, 0.1) is 17.7 Å². The maximum Gasteiger partial charge on any atom is 0.255 e. The molecule has 0 bridgehead atoms. The van der Waals surface area contributed by atoms with E-state index in [1.54, 1.807) is 33.0 Å². The quantitative estimate of drug-likeness (QED) is 0.515. The van der Waals surface area contributed by atoms with Crippen molar-refractivity contribution in [2.24, 2.45) is 5.84 Å². The SMILES string of the molecule is CN(C(=O)c1ccc(NN)nc1)C(C)(C)CO. The van der Waals surface area contributed by atoms with Gasteiger partial charge < -0.3 is 15.4 Å². The number of rotatable bonds is 4. The first-order chi connectivity index (χ1) is 7.92. The van der Waals surface area contributed by atoms with E-state index in [2.05, 4.69) is 10.4 Å². The van der Waals surface area contributed by atoms with E-state index in [0.29, 0.717) is 11.4 Å². The van der Waals surface area contributed by atoms with Gasteiger partial charge in [-0.1, -0.05) is 0 Å². The molecule has 0 fully saturated rings. The molecule has 1 rings (SSSR count). The number of aliphatic hydroxyl groups excluding tert-OH is 1. The molecule has 17 heavy (non-hydrogen) atoms. The number of carbonyl (C=O) groups is 1. The van der Waals surface area contributed by atoms with E-state index in [1.165, 1.54) is 11.1 Å². The van der Waals surface area contributed by atoms with E-state index in [4.69, 9.17) is 5.84 Å². The van der Waals surface area contributed by atoms with Crippen molar-refractivity contribution in [2.45, 2.75) is 19.4 Å². The summed E-state index contributed by atoms with van der Waals surface area (Å²) in [6, 6.07) is 3.25. The molecule has 0 radical (unpaired) electrons. The zero-order chi connectivity index (χ0) is 13.1. The second-order valence-electron chi connectivity index (χ2n) is 4.41. The van der Waals surface area contributed by atoms with Gasteiger partial charge in [-0.05, 0) is 26.0 Å². The van der Waals surface area contributed by atoms with Gasteiger partial charge in [0.1, 0.15) is 5.82 Å². The molecule has 4 N–H and O–H groups in total. The minimum atomic E-state index is -0.609. The molecule has 94 valence electrons. The van der Waals surface area contributed by atoms with Crippen LogP contribution in [0.1, 0.15) is 24.2 Å². The summed E-state index contributed by atoms with van der Waals surface area (Å²) in [6.45, 7) is 3.47. The van der Waals surface area contributed by atoms with Crippen molar-refractivity contribution >= 4 is 11.7 Å². The largest absolute Gasteiger partial charge is 0.394 e. The maximum absolute atomic E-state index is 12.1. The van der Waals surface area contributed by atoms with Gasteiger partial charge in [0, 0.05) is 13.2 Å². The zero-order valence-corrected chi connectivity index (χ0v) is 10.3. The monoisotopic (exact) mass is 238 g/mol. The van der Waals surface area contributed by atoms with Crippen molar-refractivity contribution < 1.29 is 9.90 Å². The number of pyridine rings is 1. The third kappa shape index (κ3) is 2.92. The van der Waals surface area contributed by atoms with Gasteiger partial charge in [0.25, 0.3) is 5.91 Å². The van der Waals surface area contributed by atoms with Crippen molar-refractivity contribution in [2.75, 3.05) is 19.1 Å². The molecule has 0 spiro atoms. The van der Waals surface area contributed by atoms with Crippen LogP contribution in [0.15, 0.2) is 18.3 Å². The Morgan fingerprint density at radius 3 is 2.65 bits per heavy atom. The van der Waals surface area contributed by atoms with E-state index < -0.39 is 5.54 Å². The second-order valence-corrected chi connectivity index (χ2v) is 4.41. The third-order valence-electron chi connectivity index (χ3n) is 2.76. The number of hydrogen-bond acceptors (Lipinski definition) is 5. The van der Waals surface area contributed by atoms with Crippen molar-refractivity contribution in [3.8, 4) is 0 Å². The predicted molar refractivity (Wildman–Crippen MR) is 65.3 cm³/mol. The molecule has 0 aromatic carbocycles. The van der Waals surface area contributed by atoms with Gasteiger partial charge in [-0.15, -0.1) is 0 Å². The molecule has 0 saturated heterocycles. The molecular weight excluding hydrogens is 220 g/mol. The molecule has 0 atom stereocenters. The summed E-state index contributed by atoms with van der Waals surface area (Å²) < 4.78 is 0. The zero-order valence-electron chi connectivity index (χ0n) is 10.3. The fourth-order valence-corrected chi connectivity index (χ4v) is 1.18. The first kappa shape index (κ1) is 13.4. The number of carbonyl (C=O) groups excluding carboxylic acids is 1. The number of anilines is 1. The highest BCUT2D eigenvalue weighted by molar-refractivity contribution is 5.94. The van der Waals surface area contributed by atoms with Crippen LogP contribution in [0, 0.1) is 0 Å². The fourth-order valence-electron chi connectivity index (χ4n) is 1.18. The smallest absolute Gasteiger partial charge is 0.255 e. The standard InChI is InChI=1S/C11H18N4O2/c1-11(2,7-16)15(3)10(17)8-4-5-9(14-12)13-6-8/h4-6,16H,7,12H2,1-3H3,(H,13,14). The van der Waals surface area contributed by atoms with Crippen molar-refractivity contribution in [3.05, 3.63) is 23.9 Å². The summed E-state index contributed by atoms with van der Waals surface area (Å²) in [5.74, 6) is 5.48. The van der Waals surface area contributed by atoms with E-state index in [-0.39, 0.29) is 12.5 Å². The lowest BCUT2D eigenvalue weighted by Gasteiger charge is -2.33. The molecule has 1 aromatic rings. The summed E-state index contributed by atoms with van der Waals surface area (Å²) in [5.41, 5.74) is 2.23. The Morgan fingerprint density at radius 2 is 2.24 bits per heavy atom. The van der Waals surface area contributed by atoms with Crippen LogP contribution < -0.4 is 11.3 Å². The molecule has 1 amide bonds. The summed E-state index contributed by atoms with van der Waals surface area (Å²) in [6.07, 6.45) is 1.45. The molecular formula is C11H18N4O2. The van der Waals surface area contributed by atoms with Gasteiger partial charge in [-0.3, -0.25) is 4.79 Å². The second kappa shape index (κ2) is 5.11. The summed E-state index contributed by atoms with van der Waals surface area (Å²) in [5, 5.41) is 9.21. The minimum Gasteiger partial charge on any atom is -0.394 e. The normalized spacial score (nSPS) is 11.1. The van der Waals surface area contributed by atoms with Gasteiger partial charge in [-0.2, -0.15) is 0 Å². The molecule has 1 aromatic heterocycles. The molecule has 0 unspecified atom stereocenters. The molecule has 0 aliphatic carbocycles. The number of nitrogens with two attached hydrogens (primary N) is 1. The topological polar surface area (TPSA) is 91.5 Å². The van der Waals surface area contributed by atoms with Crippen LogP contribution in [-0.2, 0) is 0 Å². The van der Waals surface area contributed by atoms with E-state index in [9.17, 15) is 9.90 Å². The van der Waals surface area contributed by atoms with Crippen LogP contribution in [0.2, 0.25) is 0 Å². The molecule has 0 aliphatic rings. The number of aromatic nitrogens is 1. The number of nitrogens with zero attached hydrogens (tertiary/aromatic N) is 2. The Labute approximate surface area is 100 Å². The highest BCUT2D eigenvalue weighted by atomic mass is 16.3. The lowest BCUT2D eigenvalue weighted by molar-refractivity contribution is 0.0473. The van der Waals surface area contributed by atoms with Crippen LogP contribution in [0.5, 0.6) is 0 Å². The molecule has 6 heteroatoms. The lowest BCUT2D eigenvalue weighted by atomic mass is 10.0. The maximum atomic E-state index is 12.1. The van der Waals surface area contributed by atoms with Crippen LogP contribution in [-0.4, -0.2) is 40.1 Å². The number of aliphatic hydroxyl groups is 1. The van der Waals surface area contributed by atoms with E-state index >= 15 is 0 Å². The molecule has 0 aliphatic heterocycles. The highest BCUT2D eigenvalue weighted by Crippen LogP contribution is 2.15. The van der Waals surface area contributed by atoms with Gasteiger partial charge >= 0.3 is 0 Å². The van der Waals surface area contributed by atoms with Crippen LogP contribution in [0.3, 0.4) is 0 Å². The van der Waals surface area contributed by atoms with Gasteiger partial charge in [0.15, 0.2) is 0 Å². The van der Waals surface area contributed by atoms with Crippen molar-refractivity contribution in [1.29, 1.82) is 0 Å². The minimum absolute atomic E-state index is 0.106. The molecule has 0 saturated carbocycles. The van der Waals surface area contributed by atoms with Gasteiger partial charge in [-0.25, -0.2) is 10.8 Å². The van der Waals surface area contributed by atoms with Crippen LogP contribution >= 0.6 is 0 Å². The van der Waals surface area contributed by atoms with Gasteiger partial charge in [0.2, 0.25) is 0 Å². The number of amides is 1. The summed E-state index contributed by atoms with van der Waals surface area (Å²) >= 11 is 0. The first-order valence-electron chi connectivity index (χ1n) is 5.24.